The van der Waals surface area contributed by atoms with Crippen molar-refractivity contribution in [2.45, 2.75) is 24.8 Å². The molecule has 0 aromatic heterocycles. The van der Waals surface area contributed by atoms with Crippen molar-refractivity contribution in [1.29, 1.82) is 0 Å². The fourth-order valence-electron chi connectivity index (χ4n) is 4.13. The minimum absolute atomic E-state index is 0.0274. The summed E-state index contributed by atoms with van der Waals surface area (Å²) in [6.45, 7) is 0.871. The molecule has 3 aromatic rings. The summed E-state index contributed by atoms with van der Waals surface area (Å²) in [4.78, 5) is 21.3. The van der Waals surface area contributed by atoms with Gasteiger partial charge in [-0.2, -0.15) is 0 Å². The monoisotopic (exact) mass is 533 g/mol. The van der Waals surface area contributed by atoms with Crippen LogP contribution in [-0.4, -0.2) is 48.8 Å². The van der Waals surface area contributed by atoms with E-state index >= 15 is 0 Å². The van der Waals surface area contributed by atoms with Crippen molar-refractivity contribution in [2.24, 2.45) is 10.1 Å². The van der Waals surface area contributed by atoms with Gasteiger partial charge in [-0.1, -0.05) is 59.2 Å². The number of aliphatic imine (C=N–C) groups is 1. The van der Waals surface area contributed by atoms with Gasteiger partial charge in [-0.3, -0.25) is 4.79 Å². The zero-order chi connectivity index (χ0) is 26.8. The number of ether oxygens (including phenoxy) is 2. The lowest BCUT2D eigenvalue weighted by Gasteiger charge is -2.24. The number of carbonyl (C=O) groups is 1. The molecule has 196 valence electrons. The molecule has 1 aliphatic heterocycles. The van der Waals surface area contributed by atoms with Crippen molar-refractivity contribution in [3.05, 3.63) is 105 Å². The van der Waals surface area contributed by atoms with E-state index in [0.717, 1.165) is 5.56 Å². The van der Waals surface area contributed by atoms with E-state index in [9.17, 15) is 4.79 Å². The maximum Gasteiger partial charge on any atom is 0.251 e. The molecule has 1 amide bonds. The fourth-order valence-corrected chi connectivity index (χ4v) is 4.36. The van der Waals surface area contributed by atoms with Gasteiger partial charge < -0.3 is 19.9 Å². The molecule has 4 rings (SSSR count). The normalized spacial score (nSPS) is 16.2. The number of nitrogens with one attached hydrogen (secondary N) is 1. The van der Waals surface area contributed by atoms with E-state index in [2.05, 4.69) is 15.3 Å². The van der Waals surface area contributed by atoms with Crippen LogP contribution in [0.2, 0.25) is 5.02 Å². The van der Waals surface area contributed by atoms with Gasteiger partial charge >= 0.3 is 0 Å². The van der Waals surface area contributed by atoms with Crippen molar-refractivity contribution in [3.63, 3.8) is 0 Å². The summed E-state index contributed by atoms with van der Waals surface area (Å²) in [5.41, 5.74) is 10.5. The average Bonchev–Trinajstić information content (AvgIpc) is 3.37. The van der Waals surface area contributed by atoms with Crippen LogP contribution < -0.4 is 10.1 Å². The van der Waals surface area contributed by atoms with Crippen LogP contribution in [0.25, 0.3) is 10.4 Å². The number of nitrogens with zero attached hydrogens (tertiary/aromatic N) is 4. The molecule has 0 fully saturated rings. The van der Waals surface area contributed by atoms with E-state index in [1.165, 1.54) is 0 Å². The molecule has 2 N–H and O–H groups in total. The molecule has 0 bridgehead atoms. The van der Waals surface area contributed by atoms with E-state index < -0.39 is 5.54 Å². The first kappa shape index (κ1) is 27.0. The Hall–Kier alpha value is -4.04. The molecule has 0 unspecified atom stereocenters. The number of benzene rings is 3. The number of halogens is 1. The molecule has 0 spiro atoms. The third-order valence-corrected chi connectivity index (χ3v) is 6.49. The van der Waals surface area contributed by atoms with E-state index in [4.69, 9.17) is 36.7 Å². The van der Waals surface area contributed by atoms with Crippen LogP contribution in [-0.2, 0) is 22.4 Å². The molecule has 1 heterocycles. The standard InChI is InChI=1S/C28H28ClN5O4/c29-24-8-3-1-6-20(24)14-15-31-27(36)28(18-22-7-2-4-9-25(22)33-34-30)19-38-26(32-28)21-10-12-23(13-11-21)37-17-5-16-35/h1-4,6-13,35H,5,14-19H2,(H,31,36)/t28-/m1/s1. The number of aliphatic hydroxyl groups is 1. The molecular weight excluding hydrogens is 506 g/mol. The highest BCUT2D eigenvalue weighted by Gasteiger charge is 2.44. The van der Waals surface area contributed by atoms with Crippen LogP contribution in [0.15, 0.2) is 82.9 Å². The lowest BCUT2D eigenvalue weighted by atomic mass is 9.90. The summed E-state index contributed by atoms with van der Waals surface area (Å²) in [6.07, 6.45) is 1.29. The Kier molecular flexibility index (Phi) is 9.21. The SMILES string of the molecule is [N-]=[N+]=Nc1ccccc1C[C@]1(C(=O)NCCc2ccccc2Cl)COC(c2ccc(OCCCO)cc2)=N1. The van der Waals surface area contributed by atoms with Gasteiger partial charge in [0, 0.05) is 47.2 Å². The number of rotatable bonds is 12. The summed E-state index contributed by atoms with van der Waals surface area (Å²) in [5, 5.41) is 16.4. The maximum absolute atomic E-state index is 13.6. The van der Waals surface area contributed by atoms with E-state index in [0.29, 0.717) is 59.5 Å². The molecular formula is C28H28ClN5O4. The predicted molar refractivity (Wildman–Crippen MR) is 146 cm³/mol. The fraction of sp³-hybridized carbons (Fsp3) is 0.286. The van der Waals surface area contributed by atoms with Gasteiger partial charge in [-0.25, -0.2) is 4.99 Å². The Morgan fingerprint density at radius 1 is 1.13 bits per heavy atom. The molecule has 0 aliphatic carbocycles. The van der Waals surface area contributed by atoms with Crippen LogP contribution in [0.1, 0.15) is 23.1 Å². The predicted octanol–water partition coefficient (Wildman–Crippen LogP) is 5.16. The maximum atomic E-state index is 13.6. The number of carbonyl (C=O) groups excluding carboxylic acids is 1. The highest BCUT2D eigenvalue weighted by Crippen LogP contribution is 2.31. The lowest BCUT2D eigenvalue weighted by molar-refractivity contribution is -0.126. The number of hydrogen-bond donors (Lipinski definition) is 2. The Bertz CT molecular complexity index is 1340. The molecule has 0 radical (unpaired) electrons. The Labute approximate surface area is 225 Å². The number of hydrogen-bond acceptors (Lipinski definition) is 6. The van der Waals surface area contributed by atoms with Crippen molar-refractivity contribution in [2.75, 3.05) is 26.4 Å². The van der Waals surface area contributed by atoms with E-state index in [1.807, 2.05) is 48.5 Å². The molecule has 10 heteroatoms. The van der Waals surface area contributed by atoms with Crippen LogP contribution in [0.3, 0.4) is 0 Å². The van der Waals surface area contributed by atoms with Crippen LogP contribution in [0.5, 0.6) is 5.75 Å². The number of aliphatic hydroxyl groups excluding tert-OH is 1. The minimum atomic E-state index is -1.26. The van der Waals surface area contributed by atoms with Gasteiger partial charge in [0.25, 0.3) is 5.91 Å². The molecule has 1 atom stereocenters. The Morgan fingerprint density at radius 2 is 1.87 bits per heavy atom. The van der Waals surface area contributed by atoms with E-state index in [-0.39, 0.29) is 25.5 Å². The second-order valence-corrected chi connectivity index (χ2v) is 9.19. The summed E-state index contributed by atoms with van der Waals surface area (Å²) in [7, 11) is 0. The van der Waals surface area contributed by atoms with Gasteiger partial charge in [0.2, 0.25) is 5.90 Å². The van der Waals surface area contributed by atoms with Crippen LogP contribution in [0.4, 0.5) is 5.69 Å². The molecule has 3 aromatic carbocycles. The Morgan fingerprint density at radius 3 is 2.61 bits per heavy atom. The number of azide groups is 1. The molecule has 0 saturated carbocycles. The highest BCUT2D eigenvalue weighted by atomic mass is 35.5. The van der Waals surface area contributed by atoms with Crippen LogP contribution in [0, 0.1) is 0 Å². The quantitative estimate of drug-likeness (QED) is 0.144. The van der Waals surface area contributed by atoms with Crippen molar-refractivity contribution < 1.29 is 19.4 Å². The first-order valence-electron chi connectivity index (χ1n) is 12.3. The average molecular weight is 534 g/mol. The summed E-state index contributed by atoms with van der Waals surface area (Å²) >= 11 is 6.27. The van der Waals surface area contributed by atoms with Crippen LogP contribution >= 0.6 is 11.6 Å². The summed E-state index contributed by atoms with van der Waals surface area (Å²) in [5.74, 6) is 0.710. The van der Waals surface area contributed by atoms with Gasteiger partial charge in [0.15, 0.2) is 5.54 Å². The summed E-state index contributed by atoms with van der Waals surface area (Å²) < 4.78 is 11.6. The largest absolute Gasteiger partial charge is 0.494 e. The molecule has 0 saturated heterocycles. The van der Waals surface area contributed by atoms with Crippen molar-refractivity contribution >= 4 is 29.1 Å². The first-order valence-corrected chi connectivity index (χ1v) is 12.6. The van der Waals surface area contributed by atoms with E-state index in [1.54, 1.807) is 24.3 Å². The molecule has 1 aliphatic rings. The van der Waals surface area contributed by atoms with Crippen molar-refractivity contribution in [1.82, 2.24) is 5.32 Å². The first-order chi connectivity index (χ1) is 18.5. The topological polar surface area (TPSA) is 129 Å². The lowest BCUT2D eigenvalue weighted by Crippen LogP contribution is -2.49. The second kappa shape index (κ2) is 13.0. The highest BCUT2D eigenvalue weighted by molar-refractivity contribution is 6.31. The Balaban J connectivity index is 1.57. The van der Waals surface area contributed by atoms with Gasteiger partial charge in [0.05, 0.1) is 6.61 Å². The number of amides is 1. The third kappa shape index (κ3) is 6.63. The van der Waals surface area contributed by atoms with Gasteiger partial charge in [-0.15, -0.1) is 0 Å². The van der Waals surface area contributed by atoms with Crippen molar-refractivity contribution in [3.8, 4) is 5.75 Å². The second-order valence-electron chi connectivity index (χ2n) is 8.78. The molecule has 9 nitrogen and oxygen atoms in total. The smallest absolute Gasteiger partial charge is 0.251 e. The minimum Gasteiger partial charge on any atom is -0.494 e. The third-order valence-electron chi connectivity index (χ3n) is 6.12. The summed E-state index contributed by atoms with van der Waals surface area (Å²) in [6, 6.07) is 21.8. The zero-order valence-corrected chi connectivity index (χ0v) is 21.5. The zero-order valence-electron chi connectivity index (χ0n) is 20.7. The van der Waals surface area contributed by atoms with Gasteiger partial charge in [-0.05, 0) is 53.4 Å². The molecule has 38 heavy (non-hydrogen) atoms. The van der Waals surface area contributed by atoms with Gasteiger partial charge in [0.1, 0.15) is 12.4 Å².